The summed E-state index contributed by atoms with van der Waals surface area (Å²) < 4.78 is 13.5. The van der Waals surface area contributed by atoms with Crippen LogP contribution in [0.5, 0.6) is 0 Å². The highest BCUT2D eigenvalue weighted by molar-refractivity contribution is 7.99. The molecule has 2 aromatic rings. The van der Waals surface area contributed by atoms with E-state index in [1.165, 1.54) is 32.0 Å². The molecule has 1 aromatic heterocycles. The fourth-order valence-corrected chi connectivity index (χ4v) is 5.09. The number of rotatable bonds is 7. The van der Waals surface area contributed by atoms with E-state index in [9.17, 15) is 4.39 Å². The predicted molar refractivity (Wildman–Crippen MR) is 112 cm³/mol. The second kappa shape index (κ2) is 9.81. The van der Waals surface area contributed by atoms with Gasteiger partial charge in [-0.15, -0.1) is 0 Å². The van der Waals surface area contributed by atoms with E-state index in [0.717, 1.165) is 61.2 Å². The molecule has 4 nitrogen and oxygen atoms in total. The van der Waals surface area contributed by atoms with E-state index in [2.05, 4.69) is 20.9 Å². The number of thioether (sulfide) groups is 1. The maximum Gasteiger partial charge on any atom is 0.187 e. The highest BCUT2D eigenvalue weighted by atomic mass is 32.2. The van der Waals surface area contributed by atoms with Crippen LogP contribution >= 0.6 is 11.8 Å². The first-order valence-electron chi connectivity index (χ1n) is 10.4. The van der Waals surface area contributed by atoms with Crippen molar-refractivity contribution in [2.45, 2.75) is 43.3 Å². The van der Waals surface area contributed by atoms with Gasteiger partial charge in [0.05, 0.1) is 0 Å². The van der Waals surface area contributed by atoms with Crippen molar-refractivity contribution >= 4 is 11.8 Å². The fourth-order valence-electron chi connectivity index (χ4n) is 4.26. The van der Waals surface area contributed by atoms with Gasteiger partial charge in [0, 0.05) is 43.2 Å². The van der Waals surface area contributed by atoms with Gasteiger partial charge in [0.25, 0.3) is 0 Å². The zero-order valence-electron chi connectivity index (χ0n) is 16.4. The highest BCUT2D eigenvalue weighted by Gasteiger charge is 2.23. The third kappa shape index (κ3) is 5.52. The first-order chi connectivity index (χ1) is 13.8. The lowest BCUT2D eigenvalue weighted by molar-refractivity contribution is 0.198. The van der Waals surface area contributed by atoms with Crippen LogP contribution in [0.3, 0.4) is 0 Å². The molecule has 0 bridgehead atoms. The van der Waals surface area contributed by atoms with Gasteiger partial charge >= 0.3 is 0 Å². The monoisotopic (exact) mass is 400 g/mol. The molecule has 150 valence electrons. The molecule has 2 fully saturated rings. The Bertz CT molecular complexity index is 766. The number of benzene rings is 1. The summed E-state index contributed by atoms with van der Waals surface area (Å²) in [6.45, 7) is 6.45. The van der Waals surface area contributed by atoms with Gasteiger partial charge in [0.15, 0.2) is 5.16 Å². The predicted octanol–water partition coefficient (Wildman–Crippen LogP) is 4.18. The Balaban J connectivity index is 1.32. The van der Waals surface area contributed by atoms with Crippen LogP contribution in [0, 0.1) is 5.82 Å². The van der Waals surface area contributed by atoms with E-state index in [4.69, 9.17) is 4.98 Å². The van der Waals surface area contributed by atoms with Crippen LogP contribution in [-0.4, -0.2) is 58.2 Å². The van der Waals surface area contributed by atoms with Crippen LogP contribution in [0.2, 0.25) is 0 Å². The van der Waals surface area contributed by atoms with Crippen LogP contribution in [0.15, 0.2) is 41.7 Å². The number of piperidine rings is 1. The van der Waals surface area contributed by atoms with Crippen LogP contribution in [0.1, 0.15) is 42.9 Å². The SMILES string of the molecule is Fc1cccc(CN2CCCC(c3ccnc(SCCN4CCCC4)n3)C2)c1. The van der Waals surface area contributed by atoms with Gasteiger partial charge in [-0.05, 0) is 69.1 Å². The van der Waals surface area contributed by atoms with Gasteiger partial charge in [-0.1, -0.05) is 23.9 Å². The second-order valence-electron chi connectivity index (χ2n) is 7.87. The van der Waals surface area contributed by atoms with Crippen molar-refractivity contribution in [2.75, 3.05) is 38.5 Å². The number of hydrogen-bond acceptors (Lipinski definition) is 5. The smallest absolute Gasteiger partial charge is 0.187 e. The van der Waals surface area contributed by atoms with Crippen molar-refractivity contribution in [2.24, 2.45) is 0 Å². The summed E-state index contributed by atoms with van der Waals surface area (Å²) in [6.07, 6.45) is 6.90. The average molecular weight is 401 g/mol. The number of hydrogen-bond donors (Lipinski definition) is 0. The van der Waals surface area contributed by atoms with Gasteiger partial charge in [0.1, 0.15) is 5.82 Å². The molecule has 0 radical (unpaired) electrons. The van der Waals surface area contributed by atoms with E-state index in [1.54, 1.807) is 23.9 Å². The zero-order valence-corrected chi connectivity index (χ0v) is 17.2. The molecule has 1 aromatic carbocycles. The maximum atomic E-state index is 13.5. The van der Waals surface area contributed by atoms with Crippen LogP contribution in [0.4, 0.5) is 4.39 Å². The molecule has 0 amide bonds. The van der Waals surface area contributed by atoms with Gasteiger partial charge in [-0.3, -0.25) is 4.90 Å². The Kier molecular flexibility index (Phi) is 6.94. The Morgan fingerprint density at radius 3 is 2.79 bits per heavy atom. The molecule has 2 saturated heterocycles. The van der Waals surface area contributed by atoms with Gasteiger partial charge in [-0.2, -0.15) is 0 Å². The summed E-state index contributed by atoms with van der Waals surface area (Å²) in [5, 5.41) is 0.902. The molecule has 2 aliphatic rings. The molecule has 28 heavy (non-hydrogen) atoms. The molecule has 2 aliphatic heterocycles. The van der Waals surface area contributed by atoms with E-state index in [-0.39, 0.29) is 5.82 Å². The maximum absolute atomic E-state index is 13.5. The molecule has 0 saturated carbocycles. The molecular formula is C22H29FN4S. The summed E-state index contributed by atoms with van der Waals surface area (Å²) in [5.74, 6) is 1.33. The summed E-state index contributed by atoms with van der Waals surface area (Å²) in [4.78, 5) is 14.3. The van der Waals surface area contributed by atoms with Gasteiger partial charge < -0.3 is 4.90 Å². The second-order valence-corrected chi connectivity index (χ2v) is 8.93. The minimum Gasteiger partial charge on any atom is -0.303 e. The zero-order chi connectivity index (χ0) is 19.2. The lowest BCUT2D eigenvalue weighted by Gasteiger charge is -2.32. The average Bonchev–Trinajstić information content (AvgIpc) is 3.22. The van der Waals surface area contributed by atoms with Crippen LogP contribution in [0.25, 0.3) is 0 Å². The van der Waals surface area contributed by atoms with Crippen molar-refractivity contribution in [3.8, 4) is 0 Å². The van der Waals surface area contributed by atoms with Crippen molar-refractivity contribution in [1.82, 2.24) is 19.8 Å². The largest absolute Gasteiger partial charge is 0.303 e. The lowest BCUT2D eigenvalue weighted by Crippen LogP contribution is -2.34. The normalized spacial score (nSPS) is 21.2. The summed E-state index contributed by atoms with van der Waals surface area (Å²) in [6, 6.07) is 9.02. The Labute approximate surface area is 171 Å². The molecule has 1 unspecified atom stereocenters. The molecule has 6 heteroatoms. The number of likely N-dealkylation sites (tertiary alicyclic amines) is 2. The van der Waals surface area contributed by atoms with Gasteiger partial charge in [-0.25, -0.2) is 14.4 Å². The number of halogens is 1. The van der Waals surface area contributed by atoms with Crippen molar-refractivity contribution < 1.29 is 4.39 Å². The number of nitrogens with zero attached hydrogens (tertiary/aromatic N) is 4. The first-order valence-corrected chi connectivity index (χ1v) is 11.4. The minimum absolute atomic E-state index is 0.155. The fraction of sp³-hybridized carbons (Fsp3) is 0.545. The third-order valence-electron chi connectivity index (χ3n) is 5.71. The molecule has 1 atom stereocenters. The Hall–Kier alpha value is -1.50. The topological polar surface area (TPSA) is 32.3 Å². The molecule has 3 heterocycles. The molecule has 4 rings (SSSR count). The molecule has 0 aliphatic carbocycles. The van der Waals surface area contributed by atoms with Crippen molar-refractivity contribution in [1.29, 1.82) is 0 Å². The molecule has 0 N–H and O–H groups in total. The molecule has 0 spiro atoms. The Morgan fingerprint density at radius 2 is 1.93 bits per heavy atom. The van der Waals surface area contributed by atoms with E-state index >= 15 is 0 Å². The standard InChI is InChI=1S/C22H29FN4S/c23-20-7-3-5-18(15-20)16-27-12-4-6-19(17-27)21-8-9-24-22(25-21)28-14-13-26-10-1-2-11-26/h3,5,7-9,15,19H,1-2,4,6,10-14,16-17H2. The minimum atomic E-state index is -0.155. The first kappa shape index (κ1) is 19.8. The van der Waals surface area contributed by atoms with Crippen LogP contribution in [-0.2, 0) is 6.54 Å². The molecular weight excluding hydrogens is 371 g/mol. The third-order valence-corrected chi connectivity index (χ3v) is 6.55. The van der Waals surface area contributed by atoms with E-state index < -0.39 is 0 Å². The van der Waals surface area contributed by atoms with Crippen LogP contribution < -0.4 is 0 Å². The van der Waals surface area contributed by atoms with Gasteiger partial charge in [0.2, 0.25) is 0 Å². The Morgan fingerprint density at radius 1 is 1.07 bits per heavy atom. The summed E-state index contributed by atoms with van der Waals surface area (Å²) in [5.41, 5.74) is 2.20. The van der Waals surface area contributed by atoms with E-state index in [0.29, 0.717) is 5.92 Å². The quantitative estimate of drug-likeness (QED) is 0.514. The lowest BCUT2D eigenvalue weighted by atomic mass is 9.94. The van der Waals surface area contributed by atoms with Crippen molar-refractivity contribution in [3.05, 3.63) is 53.6 Å². The van der Waals surface area contributed by atoms with Crippen molar-refractivity contribution in [3.63, 3.8) is 0 Å². The summed E-state index contributed by atoms with van der Waals surface area (Å²) in [7, 11) is 0. The summed E-state index contributed by atoms with van der Waals surface area (Å²) >= 11 is 1.77. The van der Waals surface area contributed by atoms with E-state index in [1.807, 2.05) is 12.3 Å². The number of aromatic nitrogens is 2. The highest BCUT2D eigenvalue weighted by Crippen LogP contribution is 2.27.